The summed E-state index contributed by atoms with van der Waals surface area (Å²) in [6, 6.07) is 3.33. The second kappa shape index (κ2) is 8.44. The van der Waals surface area contributed by atoms with Crippen LogP contribution in [0, 0.1) is 10.1 Å². The van der Waals surface area contributed by atoms with Crippen LogP contribution in [0.1, 0.15) is 6.92 Å². The number of hydrogen-bond acceptors (Lipinski definition) is 7. The van der Waals surface area contributed by atoms with E-state index in [1.54, 1.807) is 6.92 Å². The molecule has 122 valence electrons. The number of ether oxygens (including phenoxy) is 1. The summed E-state index contributed by atoms with van der Waals surface area (Å²) in [6.07, 6.45) is 1.87. The number of nitro groups is 1. The third kappa shape index (κ3) is 6.09. The van der Waals surface area contributed by atoms with Gasteiger partial charge in [0, 0.05) is 18.2 Å². The lowest BCUT2D eigenvalue weighted by molar-refractivity contribution is -0.384. The number of nitro benzene ring substituents is 1. The number of carbonyl (C=O) groups excluding carboxylic acids is 2. The van der Waals surface area contributed by atoms with Crippen molar-refractivity contribution in [3.63, 3.8) is 0 Å². The lowest BCUT2D eigenvalue weighted by atomic mass is 10.2. The first-order chi connectivity index (χ1) is 10.8. The third-order valence-corrected chi connectivity index (χ3v) is 2.54. The van der Waals surface area contributed by atoms with Gasteiger partial charge in [-0.3, -0.25) is 20.2 Å². The number of carbonyl (C=O) groups is 2. The molecule has 0 fully saturated rings. The van der Waals surface area contributed by atoms with Crippen LogP contribution < -0.4 is 10.6 Å². The molecule has 0 saturated heterocycles. The first-order valence-corrected chi connectivity index (χ1v) is 6.68. The smallest absolute Gasteiger partial charge is 0.330 e. The van der Waals surface area contributed by atoms with Crippen LogP contribution in [-0.4, -0.2) is 33.6 Å². The molecule has 0 aliphatic carbocycles. The van der Waals surface area contributed by atoms with Gasteiger partial charge in [0.2, 0.25) is 5.91 Å². The zero-order valence-electron chi connectivity index (χ0n) is 11.9. The molecule has 1 aromatic carbocycles. The number of nitrogens with one attached hydrogen (secondary N) is 2. The summed E-state index contributed by atoms with van der Waals surface area (Å²) in [4.78, 5) is 32.4. The van der Waals surface area contributed by atoms with Gasteiger partial charge >= 0.3 is 5.97 Å². The predicted molar refractivity (Wildman–Crippen MR) is 84.9 cm³/mol. The van der Waals surface area contributed by atoms with Gasteiger partial charge in [0.25, 0.3) is 5.69 Å². The Bertz CT molecular complexity index is 674. The molecule has 1 aromatic rings. The summed E-state index contributed by atoms with van der Waals surface area (Å²) in [5.74, 6) is -1.76. The molecule has 0 spiro atoms. The van der Waals surface area contributed by atoms with Crippen LogP contribution in [0.4, 0.5) is 11.4 Å². The van der Waals surface area contributed by atoms with Crippen LogP contribution in [0.2, 0.25) is 0 Å². The molecular formula is C13H13N3O6S. The van der Waals surface area contributed by atoms with Crippen molar-refractivity contribution in [3.05, 3.63) is 40.5 Å². The van der Waals surface area contributed by atoms with E-state index in [-0.39, 0.29) is 23.1 Å². The molecule has 0 aliphatic rings. The van der Waals surface area contributed by atoms with Crippen molar-refractivity contribution in [3.8, 4) is 5.75 Å². The van der Waals surface area contributed by atoms with Gasteiger partial charge in [-0.1, -0.05) is 0 Å². The topological polar surface area (TPSA) is 131 Å². The van der Waals surface area contributed by atoms with Crippen LogP contribution in [0.15, 0.2) is 30.4 Å². The Morgan fingerprint density at radius 3 is 2.70 bits per heavy atom. The zero-order valence-corrected chi connectivity index (χ0v) is 12.8. The molecule has 0 heterocycles. The second-order valence-corrected chi connectivity index (χ2v) is 4.40. The van der Waals surface area contributed by atoms with E-state index in [0.29, 0.717) is 0 Å². The summed E-state index contributed by atoms with van der Waals surface area (Å²) in [5.41, 5.74) is -0.212. The number of phenols is 1. The summed E-state index contributed by atoms with van der Waals surface area (Å²) >= 11 is 4.85. The highest BCUT2D eigenvalue weighted by Crippen LogP contribution is 2.27. The number of aromatic hydroxyl groups is 1. The van der Waals surface area contributed by atoms with E-state index in [9.17, 15) is 24.8 Å². The lowest BCUT2D eigenvalue weighted by Crippen LogP contribution is -2.33. The fourth-order valence-electron chi connectivity index (χ4n) is 1.38. The fourth-order valence-corrected chi connectivity index (χ4v) is 1.59. The Morgan fingerprint density at radius 2 is 2.13 bits per heavy atom. The second-order valence-electron chi connectivity index (χ2n) is 3.99. The molecule has 0 saturated carbocycles. The first kappa shape index (κ1) is 18.0. The van der Waals surface area contributed by atoms with E-state index in [1.165, 1.54) is 6.07 Å². The first-order valence-electron chi connectivity index (χ1n) is 6.27. The number of amides is 1. The van der Waals surface area contributed by atoms with Crippen molar-refractivity contribution < 1.29 is 24.4 Å². The van der Waals surface area contributed by atoms with Crippen molar-refractivity contribution in [2.24, 2.45) is 0 Å². The predicted octanol–water partition coefficient (Wildman–Crippen LogP) is 1.23. The lowest BCUT2D eigenvalue weighted by Gasteiger charge is -2.09. The minimum absolute atomic E-state index is 0.0790. The maximum Gasteiger partial charge on any atom is 0.330 e. The molecule has 1 amide bonds. The van der Waals surface area contributed by atoms with Gasteiger partial charge in [-0.2, -0.15) is 0 Å². The zero-order chi connectivity index (χ0) is 17.4. The summed E-state index contributed by atoms with van der Waals surface area (Å²) < 4.78 is 4.60. The number of esters is 1. The number of non-ortho nitro benzene ring substituents is 1. The van der Waals surface area contributed by atoms with Crippen molar-refractivity contribution in [2.45, 2.75) is 6.92 Å². The maximum atomic E-state index is 11.5. The van der Waals surface area contributed by atoms with Gasteiger partial charge in [0.1, 0.15) is 5.75 Å². The van der Waals surface area contributed by atoms with E-state index in [0.717, 1.165) is 24.3 Å². The maximum absolute atomic E-state index is 11.5. The van der Waals surface area contributed by atoms with E-state index in [1.807, 2.05) is 0 Å². The average molecular weight is 339 g/mol. The van der Waals surface area contributed by atoms with Crippen molar-refractivity contribution in [1.82, 2.24) is 5.32 Å². The van der Waals surface area contributed by atoms with Crippen LogP contribution in [0.3, 0.4) is 0 Å². The third-order valence-electron chi connectivity index (χ3n) is 2.33. The number of rotatable bonds is 5. The number of phenolic OH excluding ortho intramolecular Hbond substituents is 1. The van der Waals surface area contributed by atoms with Gasteiger partial charge in [0.15, 0.2) is 5.11 Å². The van der Waals surface area contributed by atoms with E-state index in [4.69, 9.17) is 12.2 Å². The number of nitrogens with zero attached hydrogens (tertiary/aromatic N) is 1. The number of thiocarbonyl (C=S) groups is 1. The molecule has 0 aliphatic heterocycles. The summed E-state index contributed by atoms with van der Waals surface area (Å²) in [6.45, 7) is 1.81. The average Bonchev–Trinajstić information content (AvgIpc) is 2.47. The highest BCUT2D eigenvalue weighted by atomic mass is 32.1. The van der Waals surface area contributed by atoms with E-state index < -0.39 is 22.5 Å². The summed E-state index contributed by atoms with van der Waals surface area (Å²) in [5, 5.41) is 24.8. The largest absolute Gasteiger partial charge is 0.506 e. The molecule has 1 rings (SSSR count). The monoisotopic (exact) mass is 339 g/mol. The van der Waals surface area contributed by atoms with Gasteiger partial charge in [-0.05, 0) is 25.2 Å². The van der Waals surface area contributed by atoms with E-state index in [2.05, 4.69) is 15.4 Å². The minimum Gasteiger partial charge on any atom is -0.506 e. The number of anilines is 1. The Kier molecular flexibility index (Phi) is 6.62. The van der Waals surface area contributed by atoms with Crippen LogP contribution in [0.25, 0.3) is 0 Å². The standard InChI is InChI=1S/C13H13N3O6S/c1-2-22-12(19)6-5-11(18)15-13(23)14-9-4-3-8(16(20)21)7-10(9)17/h3-7,17H,2H2,1H3,(H2,14,15,18,23)/b6-5+. The molecule has 23 heavy (non-hydrogen) atoms. The molecule has 3 N–H and O–H groups in total. The molecule has 9 nitrogen and oxygen atoms in total. The molecule has 10 heteroatoms. The molecule has 0 aromatic heterocycles. The highest BCUT2D eigenvalue weighted by molar-refractivity contribution is 7.80. The van der Waals surface area contributed by atoms with Crippen LogP contribution in [-0.2, 0) is 14.3 Å². The number of hydrogen-bond donors (Lipinski definition) is 3. The van der Waals surface area contributed by atoms with Crippen molar-refractivity contribution in [1.29, 1.82) is 0 Å². The Labute approximate surface area is 136 Å². The Morgan fingerprint density at radius 1 is 1.43 bits per heavy atom. The normalized spacial score (nSPS) is 10.1. The summed E-state index contributed by atoms with van der Waals surface area (Å²) in [7, 11) is 0. The molecular weight excluding hydrogens is 326 g/mol. The van der Waals surface area contributed by atoms with Gasteiger partial charge in [-0.25, -0.2) is 4.79 Å². The quantitative estimate of drug-likeness (QED) is 0.182. The van der Waals surface area contributed by atoms with Gasteiger partial charge in [0.05, 0.1) is 23.3 Å². The minimum atomic E-state index is -0.683. The molecule has 0 radical (unpaired) electrons. The van der Waals surface area contributed by atoms with Crippen LogP contribution >= 0.6 is 12.2 Å². The molecule has 0 bridgehead atoms. The van der Waals surface area contributed by atoms with Gasteiger partial charge in [-0.15, -0.1) is 0 Å². The molecule has 0 atom stereocenters. The Balaban J connectivity index is 2.61. The van der Waals surface area contributed by atoms with Crippen molar-refractivity contribution in [2.75, 3.05) is 11.9 Å². The van der Waals surface area contributed by atoms with Crippen LogP contribution in [0.5, 0.6) is 5.75 Å². The van der Waals surface area contributed by atoms with Gasteiger partial charge < -0.3 is 15.2 Å². The molecule has 0 unspecified atom stereocenters. The number of benzene rings is 1. The fraction of sp³-hybridized carbons (Fsp3) is 0.154. The van der Waals surface area contributed by atoms with Crippen molar-refractivity contribution >= 4 is 40.6 Å². The highest BCUT2D eigenvalue weighted by Gasteiger charge is 2.11. The van der Waals surface area contributed by atoms with E-state index >= 15 is 0 Å². The Hall–Kier alpha value is -3.01. The SMILES string of the molecule is CCOC(=O)/C=C/C(=O)NC(=S)Nc1ccc([N+](=O)[O-])cc1O.